The first kappa shape index (κ1) is 16.4. The van der Waals surface area contributed by atoms with Gasteiger partial charge in [-0.2, -0.15) is 5.10 Å². The van der Waals surface area contributed by atoms with Crippen molar-refractivity contribution < 1.29 is 13.3 Å². The molecule has 0 saturated heterocycles. The van der Waals surface area contributed by atoms with Gasteiger partial charge in [0.2, 0.25) is 5.96 Å². The molecular weight excluding hydrogens is 304 g/mol. The van der Waals surface area contributed by atoms with Crippen LogP contribution in [0.2, 0.25) is 5.02 Å². The summed E-state index contributed by atoms with van der Waals surface area (Å²) in [7, 11) is -3.16. The fourth-order valence-electron chi connectivity index (χ4n) is 1.13. The summed E-state index contributed by atoms with van der Waals surface area (Å²) in [5.41, 5.74) is 5.89. The zero-order valence-electron chi connectivity index (χ0n) is 10.8. The highest BCUT2D eigenvalue weighted by molar-refractivity contribution is 7.90. The summed E-state index contributed by atoms with van der Waals surface area (Å²) in [4.78, 5) is 5.00. The van der Waals surface area contributed by atoms with Gasteiger partial charge in [0, 0.05) is 16.8 Å². The number of halogens is 1. The van der Waals surface area contributed by atoms with Gasteiger partial charge in [-0.3, -0.25) is 5.41 Å². The van der Waals surface area contributed by atoms with E-state index >= 15 is 0 Å². The van der Waals surface area contributed by atoms with Crippen LogP contribution in [0.15, 0.2) is 29.4 Å². The number of hydrogen-bond donors (Lipinski definition) is 2. The minimum absolute atomic E-state index is 0.154. The smallest absolute Gasteiger partial charge is 0.236 e. The van der Waals surface area contributed by atoms with Crippen molar-refractivity contribution in [1.29, 1.82) is 5.41 Å². The maximum Gasteiger partial charge on any atom is 0.236 e. The maximum absolute atomic E-state index is 11.0. The number of benzene rings is 1. The van der Waals surface area contributed by atoms with E-state index in [0.29, 0.717) is 10.6 Å². The second-order valence-corrected chi connectivity index (χ2v) is 6.55. The van der Waals surface area contributed by atoms with Gasteiger partial charge in [-0.05, 0) is 6.07 Å². The largest absolute Gasteiger partial charge is 0.367 e. The second kappa shape index (κ2) is 7.22. The topological polar surface area (TPSA) is 109 Å². The standard InChI is InChI=1S/C11H15ClN4O3S/c1-20(17,18)7-6-19-16(11(13)14)15-8-9-4-2-3-5-10(9)12/h2-5,8H,6-7H2,1H3,(H3,13,14)/b15-8+. The predicted octanol–water partition coefficient (Wildman–Crippen LogP) is 0.846. The summed E-state index contributed by atoms with van der Waals surface area (Å²) in [6.45, 7) is -0.154. The molecule has 0 unspecified atom stereocenters. The van der Waals surface area contributed by atoms with E-state index in [1.165, 1.54) is 6.21 Å². The Morgan fingerprint density at radius 1 is 1.55 bits per heavy atom. The van der Waals surface area contributed by atoms with E-state index in [1.807, 2.05) is 0 Å². The van der Waals surface area contributed by atoms with E-state index in [1.54, 1.807) is 24.3 Å². The van der Waals surface area contributed by atoms with Crippen LogP contribution in [-0.2, 0) is 14.7 Å². The molecule has 1 aromatic rings. The van der Waals surface area contributed by atoms with Gasteiger partial charge in [0.05, 0.1) is 18.6 Å². The molecule has 0 aromatic heterocycles. The summed E-state index contributed by atoms with van der Waals surface area (Å²) < 4.78 is 21.9. The number of nitrogens with one attached hydrogen (secondary N) is 1. The molecule has 110 valence electrons. The Hall–Kier alpha value is -1.64. The Kier molecular flexibility index (Phi) is 5.93. The van der Waals surface area contributed by atoms with Gasteiger partial charge in [-0.25, -0.2) is 13.3 Å². The fourth-order valence-corrected chi connectivity index (χ4v) is 1.70. The third-order valence-corrected chi connectivity index (χ3v) is 3.33. The van der Waals surface area contributed by atoms with Crippen LogP contribution >= 0.6 is 11.6 Å². The van der Waals surface area contributed by atoms with Crippen molar-refractivity contribution in [1.82, 2.24) is 5.17 Å². The van der Waals surface area contributed by atoms with E-state index in [-0.39, 0.29) is 12.4 Å². The van der Waals surface area contributed by atoms with Gasteiger partial charge < -0.3 is 5.73 Å². The Morgan fingerprint density at radius 3 is 2.75 bits per heavy atom. The summed E-state index contributed by atoms with van der Waals surface area (Å²) in [6.07, 6.45) is 2.45. The van der Waals surface area contributed by atoms with Gasteiger partial charge in [0.15, 0.2) is 0 Å². The summed E-state index contributed by atoms with van der Waals surface area (Å²) in [6, 6.07) is 6.95. The Morgan fingerprint density at radius 2 is 2.20 bits per heavy atom. The van der Waals surface area contributed by atoms with Crippen molar-refractivity contribution >= 4 is 33.6 Å². The molecule has 0 aliphatic heterocycles. The van der Waals surface area contributed by atoms with E-state index in [2.05, 4.69) is 5.10 Å². The van der Waals surface area contributed by atoms with Crippen LogP contribution in [0.1, 0.15) is 5.56 Å². The van der Waals surface area contributed by atoms with Gasteiger partial charge in [0.25, 0.3) is 0 Å². The van der Waals surface area contributed by atoms with Crippen LogP contribution < -0.4 is 5.73 Å². The molecule has 0 saturated carbocycles. The lowest BCUT2D eigenvalue weighted by Crippen LogP contribution is -2.33. The van der Waals surface area contributed by atoms with Gasteiger partial charge in [-0.1, -0.05) is 29.8 Å². The van der Waals surface area contributed by atoms with Gasteiger partial charge in [0.1, 0.15) is 9.84 Å². The Balaban J connectivity index is 2.68. The first-order valence-corrected chi connectivity index (χ1v) is 7.97. The second-order valence-electron chi connectivity index (χ2n) is 3.89. The van der Waals surface area contributed by atoms with E-state index in [4.69, 9.17) is 27.6 Å². The number of rotatable bonds is 6. The lowest BCUT2D eigenvalue weighted by atomic mass is 10.2. The molecule has 0 amide bonds. The Labute approximate surface area is 122 Å². The molecule has 3 N–H and O–H groups in total. The minimum Gasteiger partial charge on any atom is -0.367 e. The molecule has 20 heavy (non-hydrogen) atoms. The van der Waals surface area contributed by atoms with Crippen LogP contribution in [0, 0.1) is 5.41 Å². The van der Waals surface area contributed by atoms with Crippen LogP contribution in [0.5, 0.6) is 0 Å². The van der Waals surface area contributed by atoms with Crippen LogP contribution in [-0.4, -0.2) is 44.4 Å². The number of nitrogens with two attached hydrogens (primary N) is 1. The van der Waals surface area contributed by atoms with Gasteiger partial charge in [-0.15, -0.1) is 5.17 Å². The fraction of sp³-hybridized carbons (Fsp3) is 0.273. The number of hydroxylamine groups is 1. The van der Waals surface area contributed by atoms with E-state index in [9.17, 15) is 8.42 Å². The minimum atomic E-state index is -3.16. The first-order chi connectivity index (χ1) is 9.29. The number of nitrogens with zero attached hydrogens (tertiary/aromatic N) is 2. The highest BCUT2D eigenvalue weighted by Crippen LogP contribution is 2.12. The summed E-state index contributed by atoms with van der Waals surface area (Å²) >= 11 is 5.94. The summed E-state index contributed by atoms with van der Waals surface area (Å²) in [5, 5.41) is 12.3. The third-order valence-electron chi connectivity index (χ3n) is 2.08. The highest BCUT2D eigenvalue weighted by Gasteiger charge is 2.08. The molecule has 9 heteroatoms. The highest BCUT2D eigenvalue weighted by atomic mass is 35.5. The average Bonchev–Trinajstić information content (AvgIpc) is 2.33. The summed E-state index contributed by atoms with van der Waals surface area (Å²) in [5.74, 6) is -0.667. The average molecular weight is 319 g/mol. The molecule has 1 rings (SSSR count). The third kappa shape index (κ3) is 6.00. The molecule has 0 aliphatic rings. The molecule has 0 bridgehead atoms. The molecule has 0 atom stereocenters. The van der Waals surface area contributed by atoms with Crippen molar-refractivity contribution in [2.45, 2.75) is 0 Å². The molecule has 7 nitrogen and oxygen atoms in total. The number of guanidine groups is 1. The molecule has 0 spiro atoms. The van der Waals surface area contributed by atoms with Crippen LogP contribution in [0.3, 0.4) is 0 Å². The lowest BCUT2D eigenvalue weighted by Gasteiger charge is -2.15. The molecular formula is C11H15ClN4O3S. The van der Waals surface area contributed by atoms with Crippen molar-refractivity contribution in [2.24, 2.45) is 10.8 Å². The zero-order chi connectivity index (χ0) is 15.2. The predicted molar refractivity (Wildman–Crippen MR) is 78.5 cm³/mol. The van der Waals surface area contributed by atoms with Gasteiger partial charge >= 0.3 is 0 Å². The van der Waals surface area contributed by atoms with Crippen molar-refractivity contribution in [3.8, 4) is 0 Å². The van der Waals surface area contributed by atoms with Crippen LogP contribution in [0.4, 0.5) is 0 Å². The Bertz CT molecular complexity index is 603. The molecule has 1 aromatic carbocycles. The van der Waals surface area contributed by atoms with Crippen molar-refractivity contribution in [3.05, 3.63) is 34.9 Å². The maximum atomic E-state index is 11.0. The zero-order valence-corrected chi connectivity index (χ0v) is 12.4. The monoisotopic (exact) mass is 318 g/mol. The molecule has 0 heterocycles. The van der Waals surface area contributed by atoms with Crippen molar-refractivity contribution in [3.63, 3.8) is 0 Å². The SMILES string of the molecule is CS(=O)(=O)CCON(/N=C/c1ccccc1Cl)C(=N)N. The number of sulfone groups is 1. The van der Waals surface area contributed by atoms with Crippen molar-refractivity contribution in [2.75, 3.05) is 18.6 Å². The molecule has 0 fully saturated rings. The van der Waals surface area contributed by atoms with Crippen LogP contribution in [0.25, 0.3) is 0 Å². The molecule has 0 aliphatic carbocycles. The number of hydrogen-bond acceptors (Lipinski definition) is 5. The van der Waals surface area contributed by atoms with E-state index < -0.39 is 15.8 Å². The quantitative estimate of drug-likeness (QED) is 0.459. The normalized spacial score (nSPS) is 11.7. The van der Waals surface area contributed by atoms with E-state index in [0.717, 1.165) is 11.4 Å². The lowest BCUT2D eigenvalue weighted by molar-refractivity contribution is -0.0927. The first-order valence-electron chi connectivity index (χ1n) is 5.53. The molecule has 0 radical (unpaired) electrons. The number of hydrazone groups is 1.